The monoisotopic (exact) mass is 364 g/mol. The van der Waals surface area contributed by atoms with Gasteiger partial charge in [-0.2, -0.15) is 5.10 Å². The second kappa shape index (κ2) is 7.89. The lowest BCUT2D eigenvalue weighted by Gasteiger charge is -2.17. The summed E-state index contributed by atoms with van der Waals surface area (Å²) >= 11 is 0. The minimum atomic E-state index is -0.908. The molecule has 10 heteroatoms. The number of hydrogen-bond donors (Lipinski definition) is 2. The van der Waals surface area contributed by atoms with Gasteiger partial charge in [0.05, 0.1) is 21.8 Å². The Bertz CT molecular complexity index is 757. The van der Waals surface area contributed by atoms with Crippen LogP contribution in [0.4, 0.5) is 17.1 Å². The average molecular weight is 364 g/mol. The number of hydrazone groups is 1. The van der Waals surface area contributed by atoms with E-state index in [1.54, 1.807) is 0 Å². The molecule has 0 amide bonds. The van der Waals surface area contributed by atoms with Gasteiger partial charge in [-0.25, -0.2) is 0 Å². The van der Waals surface area contributed by atoms with Crippen LogP contribution in [-0.4, -0.2) is 26.6 Å². The molecule has 0 saturated heterocycles. The van der Waals surface area contributed by atoms with E-state index in [4.69, 9.17) is 0 Å². The van der Waals surface area contributed by atoms with Crippen LogP contribution in [0.5, 0.6) is 0 Å². The quantitative estimate of drug-likeness (QED) is 0.387. The molecule has 0 radical (unpaired) electrons. The first kappa shape index (κ1) is 19.3. The zero-order chi connectivity index (χ0) is 19.4. The lowest BCUT2D eigenvalue weighted by molar-refractivity contribution is -0.393. The van der Waals surface area contributed by atoms with E-state index in [1.807, 2.05) is 13.8 Å². The number of carbonyl (C=O) groups is 1. The van der Waals surface area contributed by atoms with Crippen molar-refractivity contribution in [2.75, 3.05) is 5.43 Å². The number of non-ortho nitro benzene ring substituents is 1. The molecule has 1 fully saturated rings. The van der Waals surface area contributed by atoms with Gasteiger partial charge in [0.2, 0.25) is 0 Å². The van der Waals surface area contributed by atoms with Crippen LogP contribution in [0.2, 0.25) is 0 Å². The van der Waals surface area contributed by atoms with Crippen LogP contribution in [0.25, 0.3) is 0 Å². The van der Waals surface area contributed by atoms with Gasteiger partial charge in [-0.3, -0.25) is 30.4 Å². The summed E-state index contributed by atoms with van der Waals surface area (Å²) in [6.07, 6.45) is 2.05. The van der Waals surface area contributed by atoms with Crippen molar-refractivity contribution in [3.8, 4) is 0 Å². The van der Waals surface area contributed by atoms with Crippen LogP contribution >= 0.6 is 0 Å². The average Bonchev–Trinajstić information content (AvgIpc) is 3.38. The number of nitro groups is 2. The maximum atomic E-state index is 11.4. The van der Waals surface area contributed by atoms with Crippen molar-refractivity contribution in [3.05, 3.63) is 38.4 Å². The highest BCUT2D eigenvalue weighted by atomic mass is 16.6. The largest absolute Gasteiger partial charge is 0.481 e. The van der Waals surface area contributed by atoms with Crippen molar-refractivity contribution >= 4 is 28.7 Å². The molecule has 26 heavy (non-hydrogen) atoms. The van der Waals surface area contributed by atoms with Gasteiger partial charge in [0.25, 0.3) is 5.69 Å². The first-order valence-electron chi connectivity index (χ1n) is 8.18. The maximum absolute atomic E-state index is 11.4. The number of carboxylic acids is 1. The van der Waals surface area contributed by atoms with Crippen LogP contribution in [0.15, 0.2) is 23.3 Å². The number of nitrogens with one attached hydrogen (secondary N) is 1. The smallest absolute Gasteiger partial charge is 0.307 e. The Labute approximate surface area is 149 Å². The Balaban J connectivity index is 2.26. The molecule has 2 rings (SSSR count). The second-order valence-electron chi connectivity index (χ2n) is 6.60. The molecule has 0 heterocycles. The first-order chi connectivity index (χ1) is 12.2. The van der Waals surface area contributed by atoms with Crippen LogP contribution in [0.3, 0.4) is 0 Å². The fourth-order valence-corrected chi connectivity index (χ4v) is 2.56. The molecule has 1 saturated carbocycles. The molecule has 0 aromatic heterocycles. The highest BCUT2D eigenvalue weighted by molar-refractivity contribution is 5.92. The van der Waals surface area contributed by atoms with E-state index in [2.05, 4.69) is 10.5 Å². The number of anilines is 1. The van der Waals surface area contributed by atoms with Gasteiger partial charge in [-0.15, -0.1) is 0 Å². The summed E-state index contributed by atoms with van der Waals surface area (Å²) in [6, 6.07) is 3.24. The second-order valence-corrected chi connectivity index (χ2v) is 6.60. The molecule has 1 aromatic rings. The number of nitrogens with zero attached hydrogens (tertiary/aromatic N) is 3. The van der Waals surface area contributed by atoms with Crippen molar-refractivity contribution < 1.29 is 19.7 Å². The van der Waals surface area contributed by atoms with Crippen LogP contribution in [-0.2, 0) is 4.79 Å². The normalized spacial score (nSPS) is 15.6. The Kier molecular flexibility index (Phi) is 5.86. The third-order valence-electron chi connectivity index (χ3n) is 4.31. The summed E-state index contributed by atoms with van der Waals surface area (Å²) in [5, 5.41) is 35.5. The predicted molar refractivity (Wildman–Crippen MR) is 94.1 cm³/mol. The SMILES string of the molecule is CC(C)[C@@H](C/C(=N\Nc1ccc([N+](=O)[O-])cc1[N+](=O)[O-])C1CC1)C(=O)O. The number of benzene rings is 1. The van der Waals surface area contributed by atoms with E-state index in [0.717, 1.165) is 25.0 Å². The zero-order valence-corrected chi connectivity index (χ0v) is 14.4. The fourth-order valence-electron chi connectivity index (χ4n) is 2.56. The summed E-state index contributed by atoms with van der Waals surface area (Å²) in [5.74, 6) is -1.41. The van der Waals surface area contributed by atoms with Crippen LogP contribution < -0.4 is 5.43 Å². The van der Waals surface area contributed by atoms with Crippen molar-refractivity contribution in [1.82, 2.24) is 0 Å². The van der Waals surface area contributed by atoms with Gasteiger partial charge in [0.15, 0.2) is 0 Å². The van der Waals surface area contributed by atoms with Gasteiger partial charge < -0.3 is 5.11 Å². The number of carboxylic acid groups (broad SMARTS) is 1. The third kappa shape index (κ3) is 4.74. The minimum absolute atomic E-state index is 0.0233. The third-order valence-corrected chi connectivity index (χ3v) is 4.31. The molecular formula is C16H20N4O6. The van der Waals surface area contributed by atoms with Crippen molar-refractivity contribution in [1.29, 1.82) is 0 Å². The molecule has 1 atom stereocenters. The van der Waals surface area contributed by atoms with Gasteiger partial charge in [-0.1, -0.05) is 13.8 Å². The van der Waals surface area contributed by atoms with Gasteiger partial charge >= 0.3 is 11.7 Å². The lowest BCUT2D eigenvalue weighted by atomic mass is 9.89. The van der Waals surface area contributed by atoms with E-state index in [0.29, 0.717) is 5.71 Å². The van der Waals surface area contributed by atoms with Crippen LogP contribution in [0, 0.1) is 38.0 Å². The molecule has 1 aliphatic carbocycles. The molecule has 1 aromatic carbocycles. The van der Waals surface area contributed by atoms with E-state index >= 15 is 0 Å². The molecule has 0 unspecified atom stereocenters. The lowest BCUT2D eigenvalue weighted by Crippen LogP contribution is -2.24. The fraction of sp³-hybridized carbons (Fsp3) is 0.500. The Hall–Kier alpha value is -3.04. The Morgan fingerprint density at radius 3 is 2.42 bits per heavy atom. The first-order valence-corrected chi connectivity index (χ1v) is 8.18. The van der Waals surface area contributed by atoms with Gasteiger partial charge in [0.1, 0.15) is 5.69 Å². The molecule has 0 spiro atoms. The maximum Gasteiger partial charge on any atom is 0.307 e. The summed E-state index contributed by atoms with van der Waals surface area (Å²) < 4.78 is 0. The molecule has 0 bridgehead atoms. The molecule has 140 valence electrons. The Morgan fingerprint density at radius 2 is 1.96 bits per heavy atom. The summed E-state index contributed by atoms with van der Waals surface area (Å²) in [5.41, 5.74) is 2.42. The number of rotatable bonds is 9. The van der Waals surface area contributed by atoms with Crippen molar-refractivity contribution in [2.24, 2.45) is 22.9 Å². The molecule has 1 aliphatic rings. The van der Waals surface area contributed by atoms with E-state index in [1.165, 1.54) is 6.07 Å². The number of hydrogen-bond acceptors (Lipinski definition) is 7. The minimum Gasteiger partial charge on any atom is -0.481 e. The predicted octanol–water partition coefficient (Wildman–Crippen LogP) is 3.43. The molecule has 2 N–H and O–H groups in total. The summed E-state index contributed by atoms with van der Waals surface area (Å²) in [6.45, 7) is 3.63. The van der Waals surface area contributed by atoms with Gasteiger partial charge in [0, 0.05) is 18.2 Å². The molecular weight excluding hydrogens is 344 g/mol. The Morgan fingerprint density at radius 1 is 1.31 bits per heavy atom. The summed E-state index contributed by atoms with van der Waals surface area (Å²) in [4.78, 5) is 31.9. The van der Waals surface area contributed by atoms with Crippen LogP contribution in [0.1, 0.15) is 33.1 Å². The number of aliphatic carboxylic acids is 1. The summed E-state index contributed by atoms with van der Waals surface area (Å²) in [7, 11) is 0. The van der Waals surface area contributed by atoms with Crippen molar-refractivity contribution in [2.45, 2.75) is 33.1 Å². The van der Waals surface area contributed by atoms with Gasteiger partial charge in [-0.05, 0) is 30.7 Å². The van der Waals surface area contributed by atoms with Crippen molar-refractivity contribution in [3.63, 3.8) is 0 Å². The molecule has 10 nitrogen and oxygen atoms in total. The topological polar surface area (TPSA) is 148 Å². The van der Waals surface area contributed by atoms with E-state index in [-0.39, 0.29) is 29.6 Å². The van der Waals surface area contributed by atoms with E-state index in [9.17, 15) is 30.1 Å². The number of nitro benzene ring substituents is 2. The zero-order valence-electron chi connectivity index (χ0n) is 14.4. The highest BCUT2D eigenvalue weighted by Crippen LogP contribution is 2.35. The standard InChI is InChI=1S/C16H20N4O6/c1-9(2)12(16(21)22)8-14(10-3-4-10)18-17-13-6-5-11(19(23)24)7-15(13)20(25)26/h5-7,9-10,12,17H,3-4,8H2,1-2H3,(H,21,22)/b18-14+/t12-/m1/s1. The highest BCUT2D eigenvalue weighted by Gasteiger charge is 2.33. The molecule has 0 aliphatic heterocycles. The van der Waals surface area contributed by atoms with E-state index < -0.39 is 27.4 Å².